The number of benzene rings is 1. The highest BCUT2D eigenvalue weighted by Gasteiger charge is 2.46. The van der Waals surface area contributed by atoms with Gasteiger partial charge in [-0.1, -0.05) is 28.9 Å². The fourth-order valence-electron chi connectivity index (χ4n) is 2.76. The summed E-state index contributed by atoms with van der Waals surface area (Å²) in [4.78, 5) is 11.8. The van der Waals surface area contributed by atoms with Gasteiger partial charge in [0.25, 0.3) is 0 Å². The summed E-state index contributed by atoms with van der Waals surface area (Å²) in [5.41, 5.74) is -0.0297. The molecule has 2 rings (SSSR count). The number of carboxylic acids is 1. The predicted octanol–water partition coefficient (Wildman–Crippen LogP) is 2.70. The third-order valence-corrected chi connectivity index (χ3v) is 4.34. The molecule has 19 heavy (non-hydrogen) atoms. The lowest BCUT2D eigenvalue weighted by molar-refractivity contribution is -0.145. The number of rotatable bonds is 4. The molecule has 1 fully saturated rings. The lowest BCUT2D eigenvalue weighted by Crippen LogP contribution is -2.59. The van der Waals surface area contributed by atoms with E-state index in [-0.39, 0.29) is 5.92 Å². The standard InChI is InChI=1S/C14H19BrN2O2/c1-2-10-9-16-7-6-14(10,13(18)19)17-12-5-3-4-11(15)8-12/h3-5,8,10,16-17H,2,6-7,9H2,1H3,(H,18,19). The van der Waals surface area contributed by atoms with Crippen LogP contribution in [-0.2, 0) is 4.79 Å². The lowest BCUT2D eigenvalue weighted by atomic mass is 9.76. The Hall–Kier alpha value is -1.07. The number of hydrogen-bond acceptors (Lipinski definition) is 3. The number of aliphatic carboxylic acids is 1. The number of hydrogen-bond donors (Lipinski definition) is 3. The maximum Gasteiger partial charge on any atom is 0.329 e. The Labute approximate surface area is 121 Å². The van der Waals surface area contributed by atoms with E-state index in [2.05, 4.69) is 26.6 Å². The quantitative estimate of drug-likeness (QED) is 0.796. The molecule has 1 aromatic carbocycles. The van der Waals surface area contributed by atoms with Gasteiger partial charge < -0.3 is 15.7 Å². The van der Waals surface area contributed by atoms with Crippen molar-refractivity contribution < 1.29 is 9.90 Å². The largest absolute Gasteiger partial charge is 0.479 e. The average Bonchev–Trinajstić information content (AvgIpc) is 2.39. The molecular formula is C14H19BrN2O2. The number of carbonyl (C=O) groups is 1. The summed E-state index contributed by atoms with van der Waals surface area (Å²) in [6, 6.07) is 7.66. The van der Waals surface area contributed by atoms with Gasteiger partial charge in [0.2, 0.25) is 0 Å². The second-order valence-corrected chi connectivity index (χ2v) is 5.89. The van der Waals surface area contributed by atoms with Crippen LogP contribution in [0.3, 0.4) is 0 Å². The van der Waals surface area contributed by atoms with Gasteiger partial charge in [0.1, 0.15) is 5.54 Å². The maximum absolute atomic E-state index is 11.8. The number of nitrogens with one attached hydrogen (secondary N) is 2. The average molecular weight is 327 g/mol. The fraction of sp³-hybridized carbons (Fsp3) is 0.500. The molecule has 1 aliphatic heterocycles. The maximum atomic E-state index is 11.8. The van der Waals surface area contributed by atoms with Crippen LogP contribution >= 0.6 is 15.9 Å². The van der Waals surface area contributed by atoms with E-state index in [4.69, 9.17) is 0 Å². The molecular weight excluding hydrogens is 308 g/mol. The van der Waals surface area contributed by atoms with Crippen LogP contribution in [-0.4, -0.2) is 29.7 Å². The molecule has 0 saturated carbocycles. The fourth-order valence-corrected chi connectivity index (χ4v) is 3.16. The van der Waals surface area contributed by atoms with Crippen molar-refractivity contribution >= 4 is 27.6 Å². The van der Waals surface area contributed by atoms with Crippen LogP contribution < -0.4 is 10.6 Å². The van der Waals surface area contributed by atoms with E-state index in [0.29, 0.717) is 6.42 Å². The van der Waals surface area contributed by atoms with Gasteiger partial charge in [-0.2, -0.15) is 0 Å². The molecule has 0 amide bonds. The third kappa shape index (κ3) is 2.92. The van der Waals surface area contributed by atoms with Crippen LogP contribution in [0.5, 0.6) is 0 Å². The molecule has 0 aliphatic carbocycles. The monoisotopic (exact) mass is 326 g/mol. The second-order valence-electron chi connectivity index (χ2n) is 4.97. The van der Waals surface area contributed by atoms with Crippen LogP contribution in [0, 0.1) is 5.92 Å². The summed E-state index contributed by atoms with van der Waals surface area (Å²) in [5.74, 6) is -0.682. The van der Waals surface area contributed by atoms with Gasteiger partial charge in [0.05, 0.1) is 0 Å². The first-order chi connectivity index (χ1) is 9.08. The summed E-state index contributed by atoms with van der Waals surface area (Å²) in [6.07, 6.45) is 1.42. The minimum Gasteiger partial charge on any atom is -0.479 e. The number of carboxylic acid groups (broad SMARTS) is 1. The highest BCUT2D eigenvalue weighted by Crippen LogP contribution is 2.32. The smallest absolute Gasteiger partial charge is 0.329 e. The van der Waals surface area contributed by atoms with Crippen LogP contribution in [0.2, 0.25) is 0 Å². The Morgan fingerprint density at radius 2 is 2.42 bits per heavy atom. The molecule has 3 N–H and O–H groups in total. The first-order valence-electron chi connectivity index (χ1n) is 6.56. The molecule has 1 saturated heterocycles. The molecule has 2 atom stereocenters. The van der Waals surface area contributed by atoms with Crippen molar-refractivity contribution in [3.05, 3.63) is 28.7 Å². The highest BCUT2D eigenvalue weighted by atomic mass is 79.9. The molecule has 0 radical (unpaired) electrons. The first kappa shape index (κ1) is 14.3. The SMILES string of the molecule is CCC1CNCCC1(Nc1cccc(Br)c1)C(=O)O. The summed E-state index contributed by atoms with van der Waals surface area (Å²) in [6.45, 7) is 3.51. The molecule has 0 spiro atoms. The van der Waals surface area contributed by atoms with Crippen LogP contribution in [0.4, 0.5) is 5.69 Å². The normalized spacial score (nSPS) is 26.9. The molecule has 104 valence electrons. The summed E-state index contributed by atoms with van der Waals surface area (Å²) in [7, 11) is 0. The molecule has 1 aliphatic rings. The van der Waals surface area contributed by atoms with Gasteiger partial charge >= 0.3 is 5.97 Å². The van der Waals surface area contributed by atoms with Gasteiger partial charge in [0.15, 0.2) is 0 Å². The van der Waals surface area contributed by atoms with Crippen molar-refractivity contribution in [3.8, 4) is 0 Å². The van der Waals surface area contributed by atoms with E-state index in [9.17, 15) is 9.90 Å². The lowest BCUT2D eigenvalue weighted by Gasteiger charge is -2.42. The topological polar surface area (TPSA) is 61.4 Å². The minimum atomic E-state index is -0.874. The molecule has 4 nitrogen and oxygen atoms in total. The van der Waals surface area contributed by atoms with Crippen molar-refractivity contribution in [3.63, 3.8) is 0 Å². The Morgan fingerprint density at radius 3 is 3.05 bits per heavy atom. The minimum absolute atomic E-state index is 0.0812. The van der Waals surface area contributed by atoms with Crippen molar-refractivity contribution in [2.75, 3.05) is 18.4 Å². The van der Waals surface area contributed by atoms with Gasteiger partial charge in [-0.05, 0) is 37.6 Å². The van der Waals surface area contributed by atoms with Crippen LogP contribution in [0.15, 0.2) is 28.7 Å². The predicted molar refractivity (Wildman–Crippen MR) is 79.4 cm³/mol. The molecule has 2 unspecified atom stereocenters. The Morgan fingerprint density at radius 1 is 1.63 bits per heavy atom. The Kier molecular flexibility index (Phi) is 4.47. The van der Waals surface area contributed by atoms with E-state index < -0.39 is 11.5 Å². The van der Waals surface area contributed by atoms with E-state index in [1.165, 1.54) is 0 Å². The van der Waals surface area contributed by atoms with Crippen molar-refractivity contribution in [2.45, 2.75) is 25.3 Å². The van der Waals surface area contributed by atoms with E-state index in [1.807, 2.05) is 31.2 Å². The van der Waals surface area contributed by atoms with Crippen LogP contribution in [0.25, 0.3) is 0 Å². The number of halogens is 1. The molecule has 0 aromatic heterocycles. The molecule has 1 aromatic rings. The second kappa shape index (κ2) is 5.92. The third-order valence-electron chi connectivity index (χ3n) is 3.85. The zero-order valence-electron chi connectivity index (χ0n) is 10.9. The van der Waals surface area contributed by atoms with Gasteiger partial charge in [-0.25, -0.2) is 4.79 Å². The zero-order valence-corrected chi connectivity index (χ0v) is 12.5. The zero-order chi connectivity index (χ0) is 13.9. The summed E-state index contributed by atoms with van der Waals surface area (Å²) in [5, 5.41) is 16.3. The van der Waals surface area contributed by atoms with Crippen LogP contribution in [0.1, 0.15) is 19.8 Å². The van der Waals surface area contributed by atoms with Gasteiger partial charge in [0, 0.05) is 22.6 Å². The van der Waals surface area contributed by atoms with E-state index >= 15 is 0 Å². The number of anilines is 1. The summed E-state index contributed by atoms with van der Waals surface area (Å²) < 4.78 is 0.944. The Bertz CT molecular complexity index is 467. The van der Waals surface area contributed by atoms with Gasteiger partial charge in [-0.15, -0.1) is 0 Å². The first-order valence-corrected chi connectivity index (χ1v) is 7.35. The van der Waals surface area contributed by atoms with E-state index in [1.54, 1.807) is 0 Å². The number of piperidine rings is 1. The molecule has 1 heterocycles. The Balaban J connectivity index is 2.31. The van der Waals surface area contributed by atoms with Crippen molar-refractivity contribution in [1.82, 2.24) is 5.32 Å². The van der Waals surface area contributed by atoms with Crippen molar-refractivity contribution in [2.24, 2.45) is 5.92 Å². The molecule has 5 heteroatoms. The molecule has 0 bridgehead atoms. The van der Waals surface area contributed by atoms with Crippen molar-refractivity contribution in [1.29, 1.82) is 0 Å². The van der Waals surface area contributed by atoms with Gasteiger partial charge in [-0.3, -0.25) is 0 Å². The summed E-state index contributed by atoms with van der Waals surface area (Å²) >= 11 is 3.41. The highest BCUT2D eigenvalue weighted by molar-refractivity contribution is 9.10. The van der Waals surface area contributed by atoms with E-state index in [0.717, 1.165) is 29.7 Å².